The van der Waals surface area contributed by atoms with Crippen LogP contribution in [0, 0.1) is 0 Å². The van der Waals surface area contributed by atoms with Crippen molar-refractivity contribution in [2.45, 2.75) is 6.42 Å². The third kappa shape index (κ3) is 4.98. The number of hydrogen-bond donors (Lipinski definition) is 1. The molecule has 0 amide bonds. The van der Waals surface area contributed by atoms with Gasteiger partial charge in [0.25, 0.3) is 0 Å². The Labute approximate surface area is 143 Å². The molecule has 2 aromatic rings. The second kappa shape index (κ2) is 7.77. The Morgan fingerprint density at radius 3 is 2.62 bits per heavy atom. The molecule has 6 heteroatoms. The van der Waals surface area contributed by atoms with Crippen molar-refractivity contribution < 1.29 is 14.6 Å². The number of hydrogen-bond acceptors (Lipinski definition) is 3. The SMILES string of the molecule is O=C(O)/C=C/c1cc(Br)c(OCCc2ccsc2)c(Br)c1. The number of carbonyl (C=O) groups is 1. The zero-order valence-corrected chi connectivity index (χ0v) is 14.9. The summed E-state index contributed by atoms with van der Waals surface area (Å²) in [6.45, 7) is 0.582. The van der Waals surface area contributed by atoms with E-state index in [1.165, 1.54) is 11.6 Å². The van der Waals surface area contributed by atoms with Gasteiger partial charge >= 0.3 is 5.97 Å². The zero-order chi connectivity index (χ0) is 15.2. The van der Waals surface area contributed by atoms with E-state index in [2.05, 4.69) is 43.3 Å². The topological polar surface area (TPSA) is 46.5 Å². The van der Waals surface area contributed by atoms with Crippen molar-refractivity contribution in [2.24, 2.45) is 0 Å². The molecule has 110 valence electrons. The molecule has 1 N–H and O–H groups in total. The van der Waals surface area contributed by atoms with Crippen LogP contribution in [0.4, 0.5) is 0 Å². The average molecular weight is 432 g/mol. The number of rotatable bonds is 6. The van der Waals surface area contributed by atoms with Gasteiger partial charge in [-0.2, -0.15) is 11.3 Å². The highest BCUT2D eigenvalue weighted by atomic mass is 79.9. The first-order valence-electron chi connectivity index (χ1n) is 6.10. The number of carboxylic acid groups (broad SMARTS) is 1. The van der Waals surface area contributed by atoms with E-state index >= 15 is 0 Å². The highest BCUT2D eigenvalue weighted by Gasteiger charge is 2.08. The van der Waals surface area contributed by atoms with E-state index in [1.54, 1.807) is 11.3 Å². The highest BCUT2D eigenvalue weighted by Crippen LogP contribution is 2.35. The minimum atomic E-state index is -0.974. The van der Waals surface area contributed by atoms with Crippen molar-refractivity contribution >= 4 is 55.2 Å². The smallest absolute Gasteiger partial charge is 0.328 e. The lowest BCUT2D eigenvalue weighted by Crippen LogP contribution is -2.02. The molecule has 1 heterocycles. The van der Waals surface area contributed by atoms with Crippen molar-refractivity contribution in [1.29, 1.82) is 0 Å². The second-order valence-corrected chi connectivity index (χ2v) is 6.70. The fourth-order valence-electron chi connectivity index (χ4n) is 1.69. The van der Waals surface area contributed by atoms with Gasteiger partial charge in [0, 0.05) is 12.5 Å². The van der Waals surface area contributed by atoms with Crippen LogP contribution in [-0.2, 0) is 11.2 Å². The number of aliphatic carboxylic acids is 1. The minimum Gasteiger partial charge on any atom is -0.491 e. The lowest BCUT2D eigenvalue weighted by molar-refractivity contribution is -0.131. The minimum absolute atomic E-state index is 0.582. The molecule has 0 saturated heterocycles. The van der Waals surface area contributed by atoms with Gasteiger partial charge < -0.3 is 9.84 Å². The summed E-state index contributed by atoms with van der Waals surface area (Å²) in [6, 6.07) is 5.73. The summed E-state index contributed by atoms with van der Waals surface area (Å²) in [6.07, 6.45) is 3.49. The van der Waals surface area contributed by atoms with E-state index < -0.39 is 5.97 Å². The summed E-state index contributed by atoms with van der Waals surface area (Å²) >= 11 is 8.57. The summed E-state index contributed by atoms with van der Waals surface area (Å²) in [4.78, 5) is 10.5. The molecule has 0 bridgehead atoms. The van der Waals surface area contributed by atoms with E-state index in [4.69, 9.17) is 9.84 Å². The normalized spacial score (nSPS) is 11.0. The third-order valence-electron chi connectivity index (χ3n) is 2.66. The molecule has 0 saturated carbocycles. The highest BCUT2D eigenvalue weighted by molar-refractivity contribution is 9.11. The van der Waals surface area contributed by atoms with E-state index in [0.717, 1.165) is 32.8 Å². The van der Waals surface area contributed by atoms with Crippen LogP contribution < -0.4 is 4.74 Å². The Bertz CT molecular complexity index is 628. The maximum Gasteiger partial charge on any atom is 0.328 e. The molecule has 2 rings (SSSR count). The molecule has 0 unspecified atom stereocenters. The molecule has 1 aromatic carbocycles. The number of ether oxygens (including phenoxy) is 1. The molecule has 21 heavy (non-hydrogen) atoms. The molecule has 3 nitrogen and oxygen atoms in total. The molecular formula is C15H12Br2O3S. The Kier molecular flexibility index (Phi) is 6.02. The second-order valence-electron chi connectivity index (χ2n) is 4.22. The van der Waals surface area contributed by atoms with Gasteiger partial charge in [0.05, 0.1) is 15.6 Å². The maximum absolute atomic E-state index is 10.5. The Hall–Kier alpha value is -1.11. The van der Waals surface area contributed by atoms with E-state index in [0.29, 0.717) is 6.61 Å². The third-order valence-corrected chi connectivity index (χ3v) is 4.57. The monoisotopic (exact) mass is 430 g/mol. The van der Waals surface area contributed by atoms with Gasteiger partial charge in [-0.15, -0.1) is 0 Å². The lowest BCUT2D eigenvalue weighted by Gasteiger charge is -2.11. The lowest BCUT2D eigenvalue weighted by atomic mass is 10.2. The van der Waals surface area contributed by atoms with E-state index in [-0.39, 0.29) is 0 Å². The first-order chi connectivity index (χ1) is 10.1. The molecule has 0 aliphatic carbocycles. The van der Waals surface area contributed by atoms with Gasteiger partial charge in [0.15, 0.2) is 0 Å². The van der Waals surface area contributed by atoms with Crippen molar-refractivity contribution in [1.82, 2.24) is 0 Å². The Balaban J connectivity index is 2.04. The van der Waals surface area contributed by atoms with Gasteiger partial charge in [-0.1, -0.05) is 0 Å². The molecule has 0 atom stereocenters. The molecule has 0 radical (unpaired) electrons. The molecule has 1 aromatic heterocycles. The Morgan fingerprint density at radius 1 is 1.33 bits per heavy atom. The number of thiophene rings is 1. The molecule has 0 aliphatic rings. The summed E-state index contributed by atoms with van der Waals surface area (Å²) in [5.74, 6) is -0.254. The van der Waals surface area contributed by atoms with Crippen molar-refractivity contribution in [3.8, 4) is 5.75 Å². The van der Waals surface area contributed by atoms with E-state index in [1.807, 2.05) is 17.5 Å². The predicted molar refractivity (Wildman–Crippen MR) is 92.0 cm³/mol. The van der Waals surface area contributed by atoms with Crippen molar-refractivity contribution in [3.63, 3.8) is 0 Å². The first kappa shape index (κ1) is 16.3. The predicted octanol–water partition coefficient (Wildman–Crippen LogP) is 4.99. The summed E-state index contributed by atoms with van der Waals surface area (Å²) < 4.78 is 7.36. The van der Waals surface area contributed by atoms with Crippen LogP contribution in [0.2, 0.25) is 0 Å². The summed E-state index contributed by atoms with van der Waals surface area (Å²) in [7, 11) is 0. The number of carboxylic acids is 1. The molecule has 0 aliphatic heterocycles. The average Bonchev–Trinajstić information content (AvgIpc) is 2.92. The van der Waals surface area contributed by atoms with Crippen LogP contribution >= 0.6 is 43.2 Å². The van der Waals surface area contributed by atoms with Crippen LogP contribution in [0.25, 0.3) is 6.08 Å². The van der Waals surface area contributed by atoms with Crippen molar-refractivity contribution in [2.75, 3.05) is 6.61 Å². The zero-order valence-electron chi connectivity index (χ0n) is 10.9. The van der Waals surface area contributed by atoms with Crippen LogP contribution in [-0.4, -0.2) is 17.7 Å². The van der Waals surface area contributed by atoms with E-state index in [9.17, 15) is 4.79 Å². The van der Waals surface area contributed by atoms with Crippen LogP contribution in [0.5, 0.6) is 5.75 Å². The maximum atomic E-state index is 10.5. The van der Waals surface area contributed by atoms with Crippen LogP contribution in [0.3, 0.4) is 0 Å². The van der Waals surface area contributed by atoms with Crippen LogP contribution in [0.1, 0.15) is 11.1 Å². The summed E-state index contributed by atoms with van der Waals surface area (Å²) in [5.41, 5.74) is 2.04. The number of benzene rings is 1. The molecule has 0 fully saturated rings. The van der Waals surface area contributed by atoms with Gasteiger partial charge in [-0.05, 0) is 78.0 Å². The van der Waals surface area contributed by atoms with Crippen molar-refractivity contribution in [3.05, 3.63) is 55.1 Å². The van der Waals surface area contributed by atoms with Gasteiger partial charge in [0.2, 0.25) is 0 Å². The first-order valence-corrected chi connectivity index (χ1v) is 8.63. The molecule has 0 spiro atoms. The fraction of sp³-hybridized carbons (Fsp3) is 0.133. The van der Waals surface area contributed by atoms with Crippen LogP contribution in [0.15, 0.2) is 44.0 Å². The standard InChI is InChI=1S/C15H12Br2O3S/c16-12-7-11(1-2-14(18)19)8-13(17)15(12)20-5-3-10-4-6-21-9-10/h1-2,4,6-9H,3,5H2,(H,18,19)/b2-1+. The van der Waals surface area contributed by atoms with Gasteiger partial charge in [-0.3, -0.25) is 0 Å². The van der Waals surface area contributed by atoms with Gasteiger partial charge in [0.1, 0.15) is 5.75 Å². The quantitative estimate of drug-likeness (QED) is 0.655. The summed E-state index contributed by atoms with van der Waals surface area (Å²) in [5, 5.41) is 12.8. The van der Waals surface area contributed by atoms with Gasteiger partial charge in [-0.25, -0.2) is 4.79 Å². The number of halogens is 2. The largest absolute Gasteiger partial charge is 0.491 e. The molecular weight excluding hydrogens is 420 g/mol. The Morgan fingerprint density at radius 2 is 2.05 bits per heavy atom. The fourth-order valence-corrected chi connectivity index (χ4v) is 3.84.